The van der Waals surface area contributed by atoms with Crippen molar-refractivity contribution in [2.45, 2.75) is 25.9 Å². The van der Waals surface area contributed by atoms with Gasteiger partial charge in [-0.25, -0.2) is 4.39 Å². The van der Waals surface area contributed by atoms with Crippen molar-refractivity contribution >= 4 is 11.4 Å². The minimum atomic E-state index is -0.181. The van der Waals surface area contributed by atoms with Crippen LogP contribution in [0.2, 0.25) is 0 Å². The van der Waals surface area contributed by atoms with Gasteiger partial charge in [-0.2, -0.15) is 5.10 Å². The molecule has 22 heavy (non-hydrogen) atoms. The fourth-order valence-corrected chi connectivity index (χ4v) is 2.85. The molecule has 0 saturated carbocycles. The molecule has 0 radical (unpaired) electrons. The monoisotopic (exact) mass is 304 g/mol. The maximum atomic E-state index is 14.2. The largest absolute Gasteiger partial charge is 0.394 e. The molecule has 1 aliphatic heterocycles. The van der Waals surface area contributed by atoms with Gasteiger partial charge in [-0.15, -0.1) is 0 Å². The van der Waals surface area contributed by atoms with Crippen molar-refractivity contribution in [3.63, 3.8) is 0 Å². The summed E-state index contributed by atoms with van der Waals surface area (Å²) in [6.45, 7) is 2.91. The first-order valence-corrected chi connectivity index (χ1v) is 7.67. The first kappa shape index (κ1) is 14.8. The SMILES string of the molecule is OCCn1cc(NCc2c(F)cccc2N2CCCC2)cn1. The summed E-state index contributed by atoms with van der Waals surface area (Å²) in [7, 11) is 0. The number of anilines is 2. The minimum Gasteiger partial charge on any atom is -0.394 e. The van der Waals surface area contributed by atoms with Crippen molar-refractivity contribution < 1.29 is 9.50 Å². The van der Waals surface area contributed by atoms with E-state index in [1.54, 1.807) is 16.9 Å². The summed E-state index contributed by atoms with van der Waals surface area (Å²) in [5.74, 6) is -0.181. The van der Waals surface area contributed by atoms with Crippen molar-refractivity contribution in [3.05, 3.63) is 42.0 Å². The Morgan fingerprint density at radius 1 is 1.27 bits per heavy atom. The van der Waals surface area contributed by atoms with Crippen LogP contribution in [-0.2, 0) is 13.1 Å². The van der Waals surface area contributed by atoms with Gasteiger partial charge in [0.2, 0.25) is 0 Å². The molecule has 0 aliphatic carbocycles. The van der Waals surface area contributed by atoms with Gasteiger partial charge in [-0.1, -0.05) is 6.07 Å². The molecule has 2 heterocycles. The van der Waals surface area contributed by atoms with Crippen LogP contribution in [0.3, 0.4) is 0 Å². The summed E-state index contributed by atoms with van der Waals surface area (Å²) >= 11 is 0. The first-order chi connectivity index (χ1) is 10.8. The van der Waals surface area contributed by atoms with Crippen LogP contribution in [-0.4, -0.2) is 34.6 Å². The maximum Gasteiger partial charge on any atom is 0.130 e. The van der Waals surface area contributed by atoms with E-state index in [0.717, 1.165) is 37.3 Å². The van der Waals surface area contributed by atoms with Crippen molar-refractivity contribution in [1.82, 2.24) is 9.78 Å². The molecule has 2 aromatic rings. The van der Waals surface area contributed by atoms with E-state index in [9.17, 15) is 4.39 Å². The second-order valence-corrected chi connectivity index (χ2v) is 5.50. The third-order valence-electron chi connectivity index (χ3n) is 3.97. The normalized spacial score (nSPS) is 14.5. The quantitative estimate of drug-likeness (QED) is 0.859. The average molecular weight is 304 g/mol. The van der Waals surface area contributed by atoms with Gasteiger partial charge in [0.15, 0.2) is 0 Å². The maximum absolute atomic E-state index is 14.2. The van der Waals surface area contributed by atoms with E-state index < -0.39 is 0 Å². The van der Waals surface area contributed by atoms with Crippen molar-refractivity contribution in [1.29, 1.82) is 0 Å². The molecule has 6 heteroatoms. The lowest BCUT2D eigenvalue weighted by molar-refractivity contribution is 0.269. The molecule has 1 aliphatic rings. The fraction of sp³-hybridized carbons (Fsp3) is 0.438. The van der Waals surface area contributed by atoms with Gasteiger partial charge in [0, 0.05) is 37.1 Å². The van der Waals surface area contributed by atoms with Crippen molar-refractivity contribution in [2.75, 3.05) is 29.9 Å². The number of hydrogen-bond donors (Lipinski definition) is 2. The number of halogens is 1. The highest BCUT2D eigenvalue weighted by molar-refractivity contribution is 5.56. The van der Waals surface area contributed by atoms with E-state index in [1.807, 2.05) is 12.3 Å². The highest BCUT2D eigenvalue weighted by Gasteiger charge is 2.18. The second kappa shape index (κ2) is 6.79. The van der Waals surface area contributed by atoms with E-state index in [0.29, 0.717) is 18.7 Å². The average Bonchev–Trinajstić information content (AvgIpc) is 3.17. The van der Waals surface area contributed by atoms with E-state index in [4.69, 9.17) is 5.11 Å². The molecule has 0 amide bonds. The van der Waals surface area contributed by atoms with Crippen LogP contribution in [0.1, 0.15) is 18.4 Å². The van der Waals surface area contributed by atoms with Gasteiger partial charge >= 0.3 is 0 Å². The lowest BCUT2D eigenvalue weighted by Gasteiger charge is -2.22. The number of nitrogens with one attached hydrogen (secondary N) is 1. The Morgan fingerprint density at radius 3 is 2.86 bits per heavy atom. The third kappa shape index (κ3) is 3.22. The Bertz CT molecular complexity index is 622. The molecule has 3 rings (SSSR count). The fourth-order valence-electron chi connectivity index (χ4n) is 2.85. The highest BCUT2D eigenvalue weighted by atomic mass is 19.1. The molecular formula is C16H21FN4O. The van der Waals surface area contributed by atoms with Crippen LogP contribution in [0.25, 0.3) is 0 Å². The molecule has 0 unspecified atom stereocenters. The number of aliphatic hydroxyl groups is 1. The van der Waals surface area contributed by atoms with Gasteiger partial charge in [-0.3, -0.25) is 4.68 Å². The second-order valence-electron chi connectivity index (χ2n) is 5.50. The molecule has 0 bridgehead atoms. The van der Waals surface area contributed by atoms with Gasteiger partial charge in [-0.05, 0) is 25.0 Å². The predicted octanol–water partition coefficient (Wildman–Crippen LogP) is 2.23. The molecule has 1 aromatic carbocycles. The number of aliphatic hydroxyl groups excluding tert-OH is 1. The van der Waals surface area contributed by atoms with Crippen LogP contribution in [0.4, 0.5) is 15.8 Å². The summed E-state index contributed by atoms with van der Waals surface area (Å²) < 4.78 is 15.9. The lowest BCUT2D eigenvalue weighted by Crippen LogP contribution is -2.20. The number of rotatable bonds is 6. The van der Waals surface area contributed by atoms with E-state index >= 15 is 0 Å². The summed E-state index contributed by atoms with van der Waals surface area (Å²) in [5, 5.41) is 16.2. The number of benzene rings is 1. The van der Waals surface area contributed by atoms with Crippen LogP contribution in [0.15, 0.2) is 30.6 Å². The van der Waals surface area contributed by atoms with Crippen LogP contribution in [0, 0.1) is 5.82 Å². The van der Waals surface area contributed by atoms with Crippen LogP contribution < -0.4 is 10.2 Å². The van der Waals surface area contributed by atoms with Gasteiger partial charge in [0.1, 0.15) is 5.82 Å². The van der Waals surface area contributed by atoms with Crippen molar-refractivity contribution in [2.24, 2.45) is 0 Å². The molecule has 1 aromatic heterocycles. The topological polar surface area (TPSA) is 53.3 Å². The van der Waals surface area contributed by atoms with Gasteiger partial charge in [0.25, 0.3) is 0 Å². The molecular weight excluding hydrogens is 283 g/mol. The van der Waals surface area contributed by atoms with E-state index in [2.05, 4.69) is 15.3 Å². The Labute approximate surface area is 129 Å². The molecule has 0 atom stereocenters. The van der Waals surface area contributed by atoms with Crippen molar-refractivity contribution in [3.8, 4) is 0 Å². The number of hydrogen-bond acceptors (Lipinski definition) is 4. The summed E-state index contributed by atoms with van der Waals surface area (Å²) in [5.41, 5.74) is 2.50. The summed E-state index contributed by atoms with van der Waals surface area (Å²) in [6.07, 6.45) is 5.83. The first-order valence-electron chi connectivity index (χ1n) is 7.67. The molecule has 1 saturated heterocycles. The third-order valence-corrected chi connectivity index (χ3v) is 3.97. The number of nitrogens with zero attached hydrogens (tertiary/aromatic N) is 3. The van der Waals surface area contributed by atoms with Gasteiger partial charge in [0.05, 0.1) is 25.0 Å². The minimum absolute atomic E-state index is 0.0491. The molecule has 0 spiro atoms. The zero-order valence-corrected chi connectivity index (χ0v) is 12.5. The Balaban J connectivity index is 1.73. The molecule has 2 N–H and O–H groups in total. The summed E-state index contributed by atoms with van der Waals surface area (Å²) in [6, 6.07) is 5.26. The standard InChI is InChI=1S/C16H21FN4O/c17-15-4-3-5-16(20-6-1-2-7-20)14(15)11-18-13-10-19-21(12-13)8-9-22/h3-5,10,12,18,22H,1-2,6-9,11H2. The zero-order chi connectivity index (χ0) is 15.4. The Kier molecular flexibility index (Phi) is 4.58. The zero-order valence-electron chi connectivity index (χ0n) is 12.5. The van der Waals surface area contributed by atoms with Crippen LogP contribution >= 0.6 is 0 Å². The Hall–Kier alpha value is -2.08. The smallest absolute Gasteiger partial charge is 0.130 e. The van der Waals surface area contributed by atoms with E-state index in [-0.39, 0.29) is 12.4 Å². The Morgan fingerprint density at radius 2 is 2.09 bits per heavy atom. The van der Waals surface area contributed by atoms with Gasteiger partial charge < -0.3 is 15.3 Å². The van der Waals surface area contributed by atoms with Crippen LogP contribution in [0.5, 0.6) is 0 Å². The van der Waals surface area contributed by atoms with E-state index in [1.165, 1.54) is 6.07 Å². The molecule has 1 fully saturated rings. The molecule has 118 valence electrons. The molecule has 5 nitrogen and oxygen atoms in total. The highest BCUT2D eigenvalue weighted by Crippen LogP contribution is 2.27. The summed E-state index contributed by atoms with van der Waals surface area (Å²) in [4.78, 5) is 2.25. The lowest BCUT2D eigenvalue weighted by atomic mass is 10.1. The number of aromatic nitrogens is 2. The predicted molar refractivity (Wildman–Crippen MR) is 84.5 cm³/mol.